The molecule has 2 amide bonds. The minimum atomic E-state index is 0. The molecule has 2 aliphatic heterocycles. The van der Waals surface area contributed by atoms with Crippen LogP contribution in [-0.2, 0) is 22.4 Å². The number of hydrogen-bond donors (Lipinski definition) is 3. The Balaban J connectivity index is 0.00000208. The zero-order chi connectivity index (χ0) is 16.1. The van der Waals surface area contributed by atoms with Gasteiger partial charge in [0.15, 0.2) is 0 Å². The van der Waals surface area contributed by atoms with Gasteiger partial charge < -0.3 is 16.0 Å². The van der Waals surface area contributed by atoms with Gasteiger partial charge in [0.05, 0.1) is 6.42 Å². The van der Waals surface area contributed by atoms with E-state index in [1.54, 1.807) is 0 Å². The van der Waals surface area contributed by atoms with Gasteiger partial charge in [-0.25, -0.2) is 0 Å². The lowest BCUT2D eigenvalue weighted by Crippen LogP contribution is -2.38. The lowest BCUT2D eigenvalue weighted by Gasteiger charge is -2.22. The number of fused-ring (bicyclic) bond motifs is 1. The number of rotatable bonds is 6. The molecular weight excluding hydrogens is 326 g/mol. The maximum atomic E-state index is 11.9. The van der Waals surface area contributed by atoms with Crippen LogP contribution >= 0.6 is 12.4 Å². The monoisotopic (exact) mass is 351 g/mol. The first kappa shape index (κ1) is 18.7. The molecule has 3 rings (SSSR count). The van der Waals surface area contributed by atoms with Crippen molar-refractivity contribution in [1.82, 2.24) is 10.6 Å². The van der Waals surface area contributed by atoms with Crippen molar-refractivity contribution >= 4 is 29.9 Å². The third-order valence-corrected chi connectivity index (χ3v) is 4.65. The Morgan fingerprint density at radius 3 is 3.00 bits per heavy atom. The van der Waals surface area contributed by atoms with Crippen molar-refractivity contribution in [3.8, 4) is 0 Å². The molecule has 2 heterocycles. The van der Waals surface area contributed by atoms with Crippen LogP contribution in [0.1, 0.15) is 36.8 Å². The quantitative estimate of drug-likeness (QED) is 0.734. The van der Waals surface area contributed by atoms with Gasteiger partial charge in [-0.3, -0.25) is 9.59 Å². The first-order valence-electron chi connectivity index (χ1n) is 8.60. The third-order valence-electron chi connectivity index (χ3n) is 4.65. The van der Waals surface area contributed by atoms with Crippen LogP contribution in [0.3, 0.4) is 0 Å². The summed E-state index contributed by atoms with van der Waals surface area (Å²) in [7, 11) is 0. The number of hydrogen-bond acceptors (Lipinski definition) is 3. The second-order valence-corrected chi connectivity index (χ2v) is 6.59. The Kier molecular flexibility index (Phi) is 7.06. The number of benzene rings is 1. The Bertz CT molecular complexity index is 586. The third kappa shape index (κ3) is 5.21. The van der Waals surface area contributed by atoms with Crippen LogP contribution in [0.4, 0.5) is 5.69 Å². The van der Waals surface area contributed by atoms with Crippen LogP contribution in [-0.4, -0.2) is 31.4 Å². The fourth-order valence-corrected chi connectivity index (χ4v) is 3.34. The van der Waals surface area contributed by atoms with E-state index in [0.29, 0.717) is 18.8 Å². The highest BCUT2D eigenvalue weighted by Crippen LogP contribution is 2.24. The van der Waals surface area contributed by atoms with E-state index < -0.39 is 0 Å². The average molecular weight is 352 g/mol. The van der Waals surface area contributed by atoms with Gasteiger partial charge in [-0.1, -0.05) is 12.1 Å². The molecule has 0 saturated carbocycles. The zero-order valence-electron chi connectivity index (χ0n) is 13.9. The number of amides is 2. The molecule has 1 aromatic rings. The maximum Gasteiger partial charge on any atom is 0.228 e. The topological polar surface area (TPSA) is 70.2 Å². The number of nitrogens with one attached hydrogen (secondary N) is 3. The second-order valence-electron chi connectivity index (χ2n) is 6.59. The fraction of sp³-hybridized carbons (Fsp3) is 0.556. The molecule has 132 valence electrons. The van der Waals surface area contributed by atoms with E-state index in [2.05, 4.69) is 22.0 Å². The molecule has 1 aromatic carbocycles. The van der Waals surface area contributed by atoms with Crippen molar-refractivity contribution in [1.29, 1.82) is 0 Å². The van der Waals surface area contributed by atoms with E-state index in [1.165, 1.54) is 18.4 Å². The predicted molar refractivity (Wildman–Crippen MR) is 97.6 cm³/mol. The number of piperidine rings is 1. The lowest BCUT2D eigenvalue weighted by atomic mass is 9.99. The Labute approximate surface area is 149 Å². The van der Waals surface area contributed by atoms with Gasteiger partial charge in [0.1, 0.15) is 0 Å². The van der Waals surface area contributed by atoms with Crippen molar-refractivity contribution in [3.63, 3.8) is 0 Å². The highest BCUT2D eigenvalue weighted by molar-refractivity contribution is 5.99. The first-order chi connectivity index (χ1) is 11.2. The van der Waals surface area contributed by atoms with Crippen molar-refractivity contribution in [2.24, 2.45) is 5.92 Å². The van der Waals surface area contributed by atoms with Gasteiger partial charge in [-0.15, -0.1) is 12.4 Å². The molecule has 1 unspecified atom stereocenters. The van der Waals surface area contributed by atoms with Crippen molar-refractivity contribution in [2.45, 2.75) is 38.5 Å². The molecule has 0 radical (unpaired) electrons. The number of aryl methyl sites for hydroxylation is 1. The molecule has 0 bridgehead atoms. The number of carbonyl (C=O) groups excluding carboxylic acids is 2. The highest BCUT2D eigenvalue weighted by Gasteiger charge is 2.17. The molecule has 5 nitrogen and oxygen atoms in total. The molecule has 0 aliphatic carbocycles. The van der Waals surface area contributed by atoms with E-state index in [0.717, 1.165) is 43.7 Å². The van der Waals surface area contributed by atoms with Crippen LogP contribution in [0.25, 0.3) is 0 Å². The van der Waals surface area contributed by atoms with Crippen molar-refractivity contribution < 1.29 is 9.59 Å². The number of anilines is 1. The molecule has 0 aromatic heterocycles. The molecular formula is C18H26ClN3O2. The van der Waals surface area contributed by atoms with Gasteiger partial charge in [-0.05, 0) is 61.9 Å². The Hall–Kier alpha value is -1.59. The molecule has 0 spiro atoms. The fourth-order valence-electron chi connectivity index (χ4n) is 3.34. The summed E-state index contributed by atoms with van der Waals surface area (Å²) < 4.78 is 0. The summed E-state index contributed by atoms with van der Waals surface area (Å²) in [5, 5.41) is 9.26. The summed E-state index contributed by atoms with van der Waals surface area (Å²) in [6, 6.07) is 6.08. The van der Waals surface area contributed by atoms with E-state index in [9.17, 15) is 9.59 Å². The molecule has 1 atom stereocenters. The van der Waals surface area contributed by atoms with Gasteiger partial charge in [0.25, 0.3) is 0 Å². The normalized spacial score (nSPS) is 19.2. The second kappa shape index (κ2) is 9.04. The Morgan fingerprint density at radius 1 is 1.33 bits per heavy atom. The van der Waals surface area contributed by atoms with Crippen molar-refractivity contribution in [3.05, 3.63) is 29.3 Å². The van der Waals surface area contributed by atoms with Gasteiger partial charge in [-0.2, -0.15) is 0 Å². The smallest absolute Gasteiger partial charge is 0.228 e. The summed E-state index contributed by atoms with van der Waals surface area (Å²) in [6.45, 7) is 2.91. The van der Waals surface area contributed by atoms with E-state index in [-0.39, 0.29) is 24.2 Å². The van der Waals surface area contributed by atoms with Crippen LogP contribution in [0, 0.1) is 5.92 Å². The lowest BCUT2D eigenvalue weighted by molar-refractivity contribution is -0.121. The van der Waals surface area contributed by atoms with Gasteiger partial charge in [0, 0.05) is 18.7 Å². The molecule has 6 heteroatoms. The minimum Gasteiger partial charge on any atom is -0.356 e. The standard InChI is InChI=1S/C18H25N3O2.ClH/c22-17(20-12-14-4-2-8-19-11-14)5-1-3-13-6-7-16-15(9-13)10-18(23)21-16;/h6-7,9,14,19H,1-5,8,10-12H2,(H,20,22)(H,21,23);1H. The summed E-state index contributed by atoms with van der Waals surface area (Å²) in [6.07, 6.45) is 5.16. The molecule has 24 heavy (non-hydrogen) atoms. The van der Waals surface area contributed by atoms with Crippen LogP contribution in [0.15, 0.2) is 18.2 Å². The van der Waals surface area contributed by atoms with Crippen LogP contribution in [0.5, 0.6) is 0 Å². The first-order valence-corrected chi connectivity index (χ1v) is 8.60. The predicted octanol–water partition coefficient (Wildman–Crippen LogP) is 2.04. The molecule has 1 saturated heterocycles. The summed E-state index contributed by atoms with van der Waals surface area (Å²) in [5.74, 6) is 0.789. The highest BCUT2D eigenvalue weighted by atomic mass is 35.5. The van der Waals surface area contributed by atoms with Crippen LogP contribution < -0.4 is 16.0 Å². The SMILES string of the molecule is Cl.O=C(CCCc1ccc2c(c1)CC(=O)N2)NCC1CCCNC1. The van der Waals surface area contributed by atoms with Gasteiger partial charge in [0.2, 0.25) is 11.8 Å². The van der Waals surface area contributed by atoms with Crippen molar-refractivity contribution in [2.75, 3.05) is 25.0 Å². The Morgan fingerprint density at radius 2 is 2.21 bits per heavy atom. The van der Waals surface area contributed by atoms with E-state index in [1.807, 2.05) is 12.1 Å². The number of carbonyl (C=O) groups is 2. The molecule has 3 N–H and O–H groups in total. The molecule has 2 aliphatic rings. The largest absolute Gasteiger partial charge is 0.356 e. The van der Waals surface area contributed by atoms with E-state index in [4.69, 9.17) is 0 Å². The summed E-state index contributed by atoms with van der Waals surface area (Å²) in [4.78, 5) is 23.3. The summed E-state index contributed by atoms with van der Waals surface area (Å²) >= 11 is 0. The minimum absolute atomic E-state index is 0. The summed E-state index contributed by atoms with van der Waals surface area (Å²) in [5.41, 5.74) is 3.20. The zero-order valence-corrected chi connectivity index (χ0v) is 14.7. The molecule has 1 fully saturated rings. The van der Waals surface area contributed by atoms with E-state index >= 15 is 0 Å². The maximum absolute atomic E-state index is 11.9. The average Bonchev–Trinajstić information content (AvgIpc) is 2.93. The number of halogens is 1. The van der Waals surface area contributed by atoms with Gasteiger partial charge >= 0.3 is 0 Å². The van der Waals surface area contributed by atoms with Crippen LogP contribution in [0.2, 0.25) is 0 Å².